The van der Waals surface area contributed by atoms with Crippen molar-refractivity contribution in [2.24, 2.45) is 5.84 Å². The molecule has 0 spiro atoms. The van der Waals surface area contributed by atoms with Crippen molar-refractivity contribution in [3.05, 3.63) is 35.1 Å². The van der Waals surface area contributed by atoms with Crippen LogP contribution in [0, 0.1) is 5.82 Å². The summed E-state index contributed by atoms with van der Waals surface area (Å²) in [4.78, 5) is 13.5. The van der Waals surface area contributed by atoms with E-state index in [1.165, 1.54) is 18.2 Å². The van der Waals surface area contributed by atoms with Gasteiger partial charge in [-0.15, -0.1) is 0 Å². The fourth-order valence-electron chi connectivity index (χ4n) is 2.20. The van der Waals surface area contributed by atoms with E-state index < -0.39 is 5.91 Å². The molecule has 1 fully saturated rings. The molecule has 104 valence electrons. The van der Waals surface area contributed by atoms with Crippen molar-refractivity contribution in [3.63, 3.8) is 0 Å². The molecule has 1 heterocycles. The SMILES string of the molecule is CC1CN(Cc2cc(C(=O)NN)ccc2F)CCO1. The molecule has 3 N–H and O–H groups in total. The number of rotatable bonds is 3. The molecule has 1 aliphatic rings. The summed E-state index contributed by atoms with van der Waals surface area (Å²) in [6.45, 7) is 4.61. The van der Waals surface area contributed by atoms with Crippen LogP contribution in [0.5, 0.6) is 0 Å². The van der Waals surface area contributed by atoms with Gasteiger partial charge in [0.15, 0.2) is 0 Å². The third-order valence-electron chi connectivity index (χ3n) is 3.16. The highest BCUT2D eigenvalue weighted by Crippen LogP contribution is 2.15. The number of ether oxygens (including phenoxy) is 1. The van der Waals surface area contributed by atoms with E-state index in [1.807, 2.05) is 12.3 Å². The number of nitrogen functional groups attached to an aromatic ring is 1. The number of hydrazine groups is 1. The number of nitrogens with zero attached hydrogens (tertiary/aromatic N) is 1. The third kappa shape index (κ3) is 3.50. The molecule has 0 bridgehead atoms. The Hall–Kier alpha value is -1.50. The summed E-state index contributed by atoms with van der Waals surface area (Å²) >= 11 is 0. The van der Waals surface area contributed by atoms with Crippen molar-refractivity contribution < 1.29 is 13.9 Å². The molecule has 6 heteroatoms. The van der Waals surface area contributed by atoms with Gasteiger partial charge in [-0.05, 0) is 25.1 Å². The van der Waals surface area contributed by atoms with Crippen LogP contribution < -0.4 is 11.3 Å². The molecule has 1 atom stereocenters. The monoisotopic (exact) mass is 267 g/mol. The Labute approximate surface area is 111 Å². The molecular formula is C13H18FN3O2. The number of hydrogen-bond donors (Lipinski definition) is 2. The topological polar surface area (TPSA) is 67.6 Å². The molecule has 0 aromatic heterocycles. The minimum Gasteiger partial charge on any atom is -0.376 e. The number of carbonyl (C=O) groups is 1. The Balaban J connectivity index is 2.12. The van der Waals surface area contributed by atoms with Gasteiger partial charge in [0.1, 0.15) is 5.82 Å². The van der Waals surface area contributed by atoms with Crippen molar-refractivity contribution in [2.45, 2.75) is 19.6 Å². The minimum absolute atomic E-state index is 0.146. The van der Waals surface area contributed by atoms with E-state index in [0.717, 1.165) is 13.1 Å². The van der Waals surface area contributed by atoms with Crippen LogP contribution in [0.4, 0.5) is 4.39 Å². The highest BCUT2D eigenvalue weighted by Gasteiger charge is 2.18. The van der Waals surface area contributed by atoms with E-state index in [9.17, 15) is 9.18 Å². The van der Waals surface area contributed by atoms with E-state index in [-0.39, 0.29) is 11.9 Å². The first kappa shape index (κ1) is 13.9. The normalized spacial score (nSPS) is 20.3. The summed E-state index contributed by atoms with van der Waals surface area (Å²) < 4.78 is 19.2. The number of nitrogens with two attached hydrogens (primary N) is 1. The van der Waals surface area contributed by atoms with Crippen molar-refractivity contribution in [2.75, 3.05) is 19.7 Å². The lowest BCUT2D eigenvalue weighted by molar-refractivity contribution is -0.0215. The maximum atomic E-state index is 13.8. The Morgan fingerprint density at radius 3 is 3.11 bits per heavy atom. The number of morpholine rings is 1. The van der Waals surface area contributed by atoms with E-state index in [1.54, 1.807) is 0 Å². The van der Waals surface area contributed by atoms with E-state index in [0.29, 0.717) is 24.3 Å². The molecule has 0 saturated carbocycles. The van der Waals surface area contributed by atoms with E-state index in [4.69, 9.17) is 10.6 Å². The lowest BCUT2D eigenvalue weighted by Gasteiger charge is -2.31. The summed E-state index contributed by atoms with van der Waals surface area (Å²) in [5, 5.41) is 0. The van der Waals surface area contributed by atoms with Crippen molar-refractivity contribution in [3.8, 4) is 0 Å². The molecule has 1 amide bonds. The second-order valence-electron chi connectivity index (χ2n) is 4.70. The predicted octanol–water partition coefficient (Wildman–Crippen LogP) is 0.650. The molecule has 1 aromatic rings. The molecule has 5 nitrogen and oxygen atoms in total. The summed E-state index contributed by atoms with van der Waals surface area (Å²) in [6.07, 6.45) is 0.146. The van der Waals surface area contributed by atoms with Crippen LogP contribution in [0.1, 0.15) is 22.8 Å². The van der Waals surface area contributed by atoms with Gasteiger partial charge in [-0.2, -0.15) is 0 Å². The predicted molar refractivity (Wildman–Crippen MR) is 68.7 cm³/mol. The van der Waals surface area contributed by atoms with Crippen LogP contribution in [0.25, 0.3) is 0 Å². The van der Waals surface area contributed by atoms with Gasteiger partial charge in [0.05, 0.1) is 12.7 Å². The van der Waals surface area contributed by atoms with Crippen LogP contribution >= 0.6 is 0 Å². The van der Waals surface area contributed by atoms with Gasteiger partial charge >= 0.3 is 0 Å². The maximum absolute atomic E-state index is 13.8. The maximum Gasteiger partial charge on any atom is 0.265 e. The fourth-order valence-corrected chi connectivity index (χ4v) is 2.20. The second-order valence-corrected chi connectivity index (χ2v) is 4.70. The zero-order chi connectivity index (χ0) is 13.8. The van der Waals surface area contributed by atoms with Gasteiger partial charge in [0.25, 0.3) is 5.91 Å². The Morgan fingerprint density at radius 1 is 1.63 bits per heavy atom. The molecule has 0 radical (unpaired) electrons. The highest BCUT2D eigenvalue weighted by molar-refractivity contribution is 5.93. The Kier molecular flexibility index (Phi) is 4.47. The number of carbonyl (C=O) groups excluding carboxylic acids is 1. The fraction of sp³-hybridized carbons (Fsp3) is 0.462. The lowest BCUT2D eigenvalue weighted by atomic mass is 10.1. The average Bonchev–Trinajstić information content (AvgIpc) is 2.40. The molecule has 2 rings (SSSR count). The number of halogens is 1. The first-order valence-corrected chi connectivity index (χ1v) is 6.23. The minimum atomic E-state index is -0.420. The van der Waals surface area contributed by atoms with Crippen LogP contribution in [0.3, 0.4) is 0 Å². The smallest absolute Gasteiger partial charge is 0.265 e. The molecule has 1 aromatic carbocycles. The number of nitrogens with one attached hydrogen (secondary N) is 1. The van der Waals surface area contributed by atoms with Crippen LogP contribution in [0.15, 0.2) is 18.2 Å². The van der Waals surface area contributed by atoms with Crippen molar-refractivity contribution in [1.82, 2.24) is 10.3 Å². The second kappa shape index (κ2) is 6.10. The number of amides is 1. The first-order valence-electron chi connectivity index (χ1n) is 6.23. The molecule has 19 heavy (non-hydrogen) atoms. The van der Waals surface area contributed by atoms with Gasteiger partial charge in [0, 0.05) is 30.8 Å². The Morgan fingerprint density at radius 2 is 2.42 bits per heavy atom. The van der Waals surface area contributed by atoms with Crippen LogP contribution in [-0.2, 0) is 11.3 Å². The molecule has 0 aliphatic carbocycles. The zero-order valence-electron chi connectivity index (χ0n) is 10.9. The number of hydrogen-bond acceptors (Lipinski definition) is 4. The van der Waals surface area contributed by atoms with Gasteiger partial charge in [-0.25, -0.2) is 10.2 Å². The summed E-state index contributed by atoms with van der Waals surface area (Å²) in [6, 6.07) is 4.25. The highest BCUT2D eigenvalue weighted by atomic mass is 19.1. The number of benzene rings is 1. The standard InChI is InChI=1S/C13H18FN3O2/c1-9-7-17(4-5-19-9)8-11-6-10(13(18)16-15)2-3-12(11)14/h2-3,6,9H,4-5,7-8,15H2,1H3,(H,16,18). The quantitative estimate of drug-likeness (QED) is 0.479. The van der Waals surface area contributed by atoms with Gasteiger partial charge in [-0.1, -0.05) is 0 Å². The average molecular weight is 267 g/mol. The molecular weight excluding hydrogens is 249 g/mol. The first-order chi connectivity index (χ1) is 9.10. The summed E-state index contributed by atoms with van der Waals surface area (Å²) in [5.74, 6) is 4.34. The lowest BCUT2D eigenvalue weighted by Crippen LogP contribution is -2.40. The Bertz CT molecular complexity index is 467. The van der Waals surface area contributed by atoms with Crippen molar-refractivity contribution >= 4 is 5.91 Å². The van der Waals surface area contributed by atoms with Gasteiger partial charge in [-0.3, -0.25) is 15.1 Å². The third-order valence-corrected chi connectivity index (χ3v) is 3.16. The van der Waals surface area contributed by atoms with Gasteiger partial charge < -0.3 is 4.74 Å². The summed E-state index contributed by atoms with van der Waals surface area (Å²) in [5.41, 5.74) is 2.90. The van der Waals surface area contributed by atoms with Gasteiger partial charge in [0.2, 0.25) is 0 Å². The van der Waals surface area contributed by atoms with E-state index >= 15 is 0 Å². The molecule has 1 unspecified atom stereocenters. The largest absolute Gasteiger partial charge is 0.376 e. The zero-order valence-corrected chi connectivity index (χ0v) is 10.9. The van der Waals surface area contributed by atoms with Crippen LogP contribution in [-0.4, -0.2) is 36.6 Å². The summed E-state index contributed by atoms with van der Waals surface area (Å²) in [7, 11) is 0. The van der Waals surface area contributed by atoms with Crippen molar-refractivity contribution in [1.29, 1.82) is 0 Å². The van der Waals surface area contributed by atoms with E-state index in [2.05, 4.69) is 4.90 Å². The van der Waals surface area contributed by atoms with Crippen LogP contribution in [0.2, 0.25) is 0 Å². The molecule has 1 saturated heterocycles. The molecule has 1 aliphatic heterocycles.